The second-order valence-corrected chi connectivity index (χ2v) is 4.65. The fraction of sp³-hybridized carbons (Fsp3) is 0.500. The normalized spacial score (nSPS) is 14.0. The summed E-state index contributed by atoms with van der Waals surface area (Å²) in [7, 11) is 0. The summed E-state index contributed by atoms with van der Waals surface area (Å²) in [6.07, 6.45) is 0.866. The van der Waals surface area contributed by atoms with E-state index in [1.807, 2.05) is 32.0 Å². The van der Waals surface area contributed by atoms with Gasteiger partial charge >= 0.3 is 0 Å². The predicted octanol–water partition coefficient (Wildman–Crippen LogP) is 2.62. The standard InChI is InChI=1S/C12H19NO/c1-9(8-12(2,3)13)10-6-4-5-7-11(10)14/h4-7,9,14H,8,13H2,1-3H3. The molecule has 0 aliphatic heterocycles. The summed E-state index contributed by atoms with van der Waals surface area (Å²) in [6, 6.07) is 7.44. The van der Waals surface area contributed by atoms with Crippen molar-refractivity contribution >= 4 is 0 Å². The minimum atomic E-state index is -0.193. The first-order valence-corrected chi connectivity index (χ1v) is 4.97. The van der Waals surface area contributed by atoms with Gasteiger partial charge in [-0.1, -0.05) is 25.1 Å². The van der Waals surface area contributed by atoms with Crippen LogP contribution < -0.4 is 5.73 Å². The molecule has 0 spiro atoms. The van der Waals surface area contributed by atoms with Gasteiger partial charge in [-0.05, 0) is 37.8 Å². The minimum Gasteiger partial charge on any atom is -0.508 e. The van der Waals surface area contributed by atoms with Gasteiger partial charge in [0.2, 0.25) is 0 Å². The van der Waals surface area contributed by atoms with Crippen LogP contribution in [-0.4, -0.2) is 10.6 Å². The van der Waals surface area contributed by atoms with E-state index in [1.165, 1.54) is 0 Å². The highest BCUT2D eigenvalue weighted by Crippen LogP contribution is 2.30. The van der Waals surface area contributed by atoms with Crippen LogP contribution in [0.4, 0.5) is 0 Å². The van der Waals surface area contributed by atoms with Crippen molar-refractivity contribution < 1.29 is 5.11 Å². The molecule has 1 aromatic carbocycles. The second-order valence-electron chi connectivity index (χ2n) is 4.65. The van der Waals surface area contributed by atoms with E-state index in [0.717, 1.165) is 12.0 Å². The lowest BCUT2D eigenvalue weighted by molar-refractivity contribution is 0.418. The maximum atomic E-state index is 9.64. The maximum Gasteiger partial charge on any atom is 0.119 e. The zero-order valence-electron chi connectivity index (χ0n) is 9.12. The second kappa shape index (κ2) is 4.01. The molecule has 0 heterocycles. The van der Waals surface area contributed by atoms with Gasteiger partial charge in [-0.2, -0.15) is 0 Å². The number of para-hydroxylation sites is 1. The van der Waals surface area contributed by atoms with Crippen LogP contribution in [0.5, 0.6) is 5.75 Å². The lowest BCUT2D eigenvalue weighted by Gasteiger charge is -2.23. The molecule has 1 atom stereocenters. The summed E-state index contributed by atoms with van der Waals surface area (Å²) in [5.41, 5.74) is 6.73. The van der Waals surface area contributed by atoms with Gasteiger partial charge in [-0.25, -0.2) is 0 Å². The molecule has 0 amide bonds. The van der Waals surface area contributed by atoms with Crippen molar-refractivity contribution in [1.29, 1.82) is 0 Å². The third-order valence-electron chi connectivity index (χ3n) is 2.30. The first-order valence-electron chi connectivity index (χ1n) is 4.97. The van der Waals surface area contributed by atoms with E-state index in [2.05, 4.69) is 6.92 Å². The number of benzene rings is 1. The monoisotopic (exact) mass is 193 g/mol. The van der Waals surface area contributed by atoms with Gasteiger partial charge in [-0.15, -0.1) is 0 Å². The van der Waals surface area contributed by atoms with Crippen LogP contribution in [0.2, 0.25) is 0 Å². The highest BCUT2D eigenvalue weighted by atomic mass is 16.3. The molecule has 0 aliphatic carbocycles. The molecule has 1 rings (SSSR count). The van der Waals surface area contributed by atoms with Gasteiger partial charge in [0, 0.05) is 5.54 Å². The van der Waals surface area contributed by atoms with Gasteiger partial charge in [0.25, 0.3) is 0 Å². The van der Waals surface area contributed by atoms with Crippen LogP contribution in [0, 0.1) is 0 Å². The summed E-state index contributed by atoms with van der Waals surface area (Å²) < 4.78 is 0. The Labute approximate surface area is 85.8 Å². The summed E-state index contributed by atoms with van der Waals surface area (Å²) >= 11 is 0. The van der Waals surface area contributed by atoms with E-state index in [0.29, 0.717) is 5.75 Å². The summed E-state index contributed by atoms with van der Waals surface area (Å²) in [5, 5.41) is 9.64. The molecule has 3 N–H and O–H groups in total. The van der Waals surface area contributed by atoms with Crippen LogP contribution in [0.3, 0.4) is 0 Å². The fourth-order valence-corrected chi connectivity index (χ4v) is 1.80. The Morgan fingerprint density at radius 3 is 2.43 bits per heavy atom. The smallest absolute Gasteiger partial charge is 0.119 e. The number of phenols is 1. The molecular weight excluding hydrogens is 174 g/mol. The van der Waals surface area contributed by atoms with E-state index in [4.69, 9.17) is 5.73 Å². The zero-order valence-corrected chi connectivity index (χ0v) is 9.12. The van der Waals surface area contributed by atoms with Crippen molar-refractivity contribution in [3.8, 4) is 5.75 Å². The molecule has 0 bridgehead atoms. The molecule has 0 aromatic heterocycles. The van der Waals surface area contributed by atoms with E-state index in [-0.39, 0.29) is 11.5 Å². The van der Waals surface area contributed by atoms with E-state index < -0.39 is 0 Å². The van der Waals surface area contributed by atoms with Gasteiger partial charge in [0.15, 0.2) is 0 Å². The van der Waals surface area contributed by atoms with Crippen molar-refractivity contribution in [2.24, 2.45) is 5.73 Å². The Morgan fingerprint density at radius 2 is 1.93 bits per heavy atom. The van der Waals surface area contributed by atoms with Crippen LogP contribution in [0.15, 0.2) is 24.3 Å². The fourth-order valence-electron chi connectivity index (χ4n) is 1.80. The van der Waals surface area contributed by atoms with Gasteiger partial charge < -0.3 is 10.8 Å². The van der Waals surface area contributed by atoms with Crippen molar-refractivity contribution in [3.05, 3.63) is 29.8 Å². The zero-order chi connectivity index (χ0) is 10.8. The molecule has 0 saturated carbocycles. The molecule has 0 radical (unpaired) electrons. The maximum absolute atomic E-state index is 9.64. The highest BCUT2D eigenvalue weighted by Gasteiger charge is 2.18. The Hall–Kier alpha value is -1.02. The van der Waals surface area contributed by atoms with Crippen molar-refractivity contribution in [1.82, 2.24) is 0 Å². The third-order valence-corrected chi connectivity index (χ3v) is 2.30. The van der Waals surface area contributed by atoms with E-state index in [9.17, 15) is 5.11 Å². The van der Waals surface area contributed by atoms with Crippen LogP contribution in [0.1, 0.15) is 38.7 Å². The molecule has 78 valence electrons. The largest absolute Gasteiger partial charge is 0.508 e. The molecule has 2 heteroatoms. The quantitative estimate of drug-likeness (QED) is 0.775. The van der Waals surface area contributed by atoms with E-state index >= 15 is 0 Å². The summed E-state index contributed by atoms with van der Waals surface area (Å²) in [5.74, 6) is 0.653. The SMILES string of the molecule is CC(CC(C)(C)N)c1ccccc1O. The Balaban J connectivity index is 2.80. The minimum absolute atomic E-state index is 0.193. The van der Waals surface area contributed by atoms with Crippen LogP contribution >= 0.6 is 0 Å². The predicted molar refractivity (Wildman–Crippen MR) is 59.4 cm³/mol. The van der Waals surface area contributed by atoms with E-state index in [1.54, 1.807) is 6.07 Å². The number of hydrogen-bond acceptors (Lipinski definition) is 2. The van der Waals surface area contributed by atoms with Gasteiger partial charge in [0.05, 0.1) is 0 Å². The summed E-state index contributed by atoms with van der Waals surface area (Å²) in [6.45, 7) is 6.09. The van der Waals surface area contributed by atoms with Crippen molar-refractivity contribution in [2.75, 3.05) is 0 Å². The lowest BCUT2D eigenvalue weighted by atomic mass is 9.87. The number of rotatable bonds is 3. The number of hydrogen-bond donors (Lipinski definition) is 2. The Morgan fingerprint density at radius 1 is 1.36 bits per heavy atom. The first-order chi connectivity index (χ1) is 6.40. The van der Waals surface area contributed by atoms with Crippen LogP contribution in [0.25, 0.3) is 0 Å². The molecule has 1 unspecified atom stereocenters. The Bertz CT molecular complexity index is 301. The number of aromatic hydroxyl groups is 1. The van der Waals surface area contributed by atoms with Crippen molar-refractivity contribution in [3.63, 3.8) is 0 Å². The molecule has 14 heavy (non-hydrogen) atoms. The lowest BCUT2D eigenvalue weighted by Crippen LogP contribution is -2.33. The topological polar surface area (TPSA) is 46.2 Å². The third kappa shape index (κ3) is 3.04. The first kappa shape index (κ1) is 11.1. The molecule has 2 nitrogen and oxygen atoms in total. The number of phenolic OH excluding ortho intramolecular Hbond substituents is 1. The number of nitrogens with two attached hydrogens (primary N) is 1. The molecule has 0 saturated heterocycles. The highest BCUT2D eigenvalue weighted by molar-refractivity contribution is 5.34. The van der Waals surface area contributed by atoms with Crippen molar-refractivity contribution in [2.45, 2.75) is 38.6 Å². The average molecular weight is 193 g/mol. The molecule has 0 aliphatic rings. The molecular formula is C12H19NO. The average Bonchev–Trinajstić information content (AvgIpc) is 2.01. The van der Waals surface area contributed by atoms with Crippen LogP contribution in [-0.2, 0) is 0 Å². The summed E-state index contributed by atoms with van der Waals surface area (Å²) in [4.78, 5) is 0. The Kier molecular flexibility index (Phi) is 3.17. The van der Waals surface area contributed by atoms with Gasteiger partial charge in [0.1, 0.15) is 5.75 Å². The molecule has 1 aromatic rings. The van der Waals surface area contributed by atoms with Gasteiger partial charge in [-0.3, -0.25) is 0 Å². The molecule has 0 fully saturated rings.